The van der Waals surface area contributed by atoms with Gasteiger partial charge in [-0.1, -0.05) is 6.58 Å². The Bertz CT molecular complexity index is 101. The fourth-order valence-electron chi connectivity index (χ4n) is 0.859. The fraction of sp³-hybridized carbons (Fsp3) is 0.667. The number of halogens is 1. The largest absolute Gasteiger partial charge is 0.319 e. The molecule has 0 bridgehead atoms. The van der Waals surface area contributed by atoms with Gasteiger partial charge in [-0.3, -0.25) is 0 Å². The first-order chi connectivity index (χ1) is 3.80. The van der Waals surface area contributed by atoms with Crippen molar-refractivity contribution in [2.75, 3.05) is 6.54 Å². The lowest BCUT2D eigenvalue weighted by Gasteiger charge is -2.23. The highest BCUT2D eigenvalue weighted by Crippen LogP contribution is 2.21. The Labute approximate surface area is 64.2 Å². The van der Waals surface area contributed by atoms with Crippen LogP contribution in [0, 0.1) is 0 Å². The number of rotatable bonds is 0. The lowest BCUT2D eigenvalue weighted by atomic mass is 10.1. The van der Waals surface area contributed by atoms with E-state index in [9.17, 15) is 0 Å². The van der Waals surface area contributed by atoms with Gasteiger partial charge in [0.2, 0.25) is 0 Å². The van der Waals surface area contributed by atoms with Crippen LogP contribution in [0.15, 0.2) is 12.3 Å². The van der Waals surface area contributed by atoms with E-state index in [1.165, 1.54) is 31.5 Å². The van der Waals surface area contributed by atoms with Crippen molar-refractivity contribution >= 4 is 22.9 Å². The molecule has 1 fully saturated rings. The van der Waals surface area contributed by atoms with Crippen LogP contribution >= 0.6 is 22.9 Å². The normalized spacial score (nSPS) is 21.6. The third-order valence-electron chi connectivity index (χ3n) is 1.41. The van der Waals surface area contributed by atoms with Crippen LogP contribution in [0.5, 0.6) is 0 Å². The van der Waals surface area contributed by atoms with Gasteiger partial charge in [-0.05, 0) is 19.3 Å². The van der Waals surface area contributed by atoms with Crippen LogP contribution in [0.25, 0.3) is 0 Å². The molecule has 1 saturated heterocycles. The van der Waals surface area contributed by atoms with Gasteiger partial charge < -0.3 is 3.11 Å². The molecule has 0 aliphatic carbocycles. The second-order valence-electron chi connectivity index (χ2n) is 2.11. The second-order valence-corrected chi connectivity index (χ2v) is 3.27. The molecule has 1 nitrogen and oxygen atoms in total. The highest BCUT2D eigenvalue weighted by atomic mass is 127. The van der Waals surface area contributed by atoms with Gasteiger partial charge in [-0.2, -0.15) is 0 Å². The van der Waals surface area contributed by atoms with Crippen LogP contribution in [0.3, 0.4) is 0 Å². The molecule has 1 rings (SSSR count). The van der Waals surface area contributed by atoms with Gasteiger partial charge in [0.25, 0.3) is 0 Å². The van der Waals surface area contributed by atoms with E-state index in [1.54, 1.807) is 0 Å². The second kappa shape index (κ2) is 2.71. The highest BCUT2D eigenvalue weighted by molar-refractivity contribution is 14.1. The molecule has 0 aromatic rings. The fourth-order valence-corrected chi connectivity index (χ4v) is 1.44. The van der Waals surface area contributed by atoms with E-state index in [0.717, 1.165) is 0 Å². The molecule has 0 N–H and O–H groups in total. The molecule has 0 aromatic carbocycles. The smallest absolute Gasteiger partial charge is 0.0588 e. The van der Waals surface area contributed by atoms with Crippen molar-refractivity contribution in [2.24, 2.45) is 0 Å². The molecule has 0 saturated carbocycles. The van der Waals surface area contributed by atoms with E-state index in [0.29, 0.717) is 0 Å². The number of piperidine rings is 1. The molecular formula is C6H10IN. The molecule has 0 amide bonds. The molecule has 0 aromatic heterocycles. The number of allylic oxidation sites excluding steroid dienone is 1. The van der Waals surface area contributed by atoms with Crippen molar-refractivity contribution in [1.82, 2.24) is 3.11 Å². The number of hydrogen-bond acceptors (Lipinski definition) is 1. The standard InChI is InChI=1S/C6H10IN/c1-6-4-2-3-5-8(6)7/h1-5H2. The molecule has 0 spiro atoms. The first kappa shape index (κ1) is 6.39. The summed E-state index contributed by atoms with van der Waals surface area (Å²) in [6.07, 6.45) is 3.86. The van der Waals surface area contributed by atoms with Crippen LogP contribution in [-0.4, -0.2) is 9.66 Å². The van der Waals surface area contributed by atoms with E-state index >= 15 is 0 Å². The minimum absolute atomic E-state index is 1.19. The van der Waals surface area contributed by atoms with E-state index < -0.39 is 0 Å². The molecule has 46 valence electrons. The Hall–Kier alpha value is 0.270. The highest BCUT2D eigenvalue weighted by Gasteiger charge is 2.08. The topological polar surface area (TPSA) is 3.24 Å². The van der Waals surface area contributed by atoms with E-state index in [2.05, 4.69) is 32.6 Å². The molecule has 8 heavy (non-hydrogen) atoms. The summed E-state index contributed by atoms with van der Waals surface area (Å²) in [7, 11) is 0. The van der Waals surface area contributed by atoms with Crippen LogP contribution in [0.1, 0.15) is 19.3 Å². The monoisotopic (exact) mass is 223 g/mol. The zero-order valence-corrected chi connectivity index (χ0v) is 7.02. The average molecular weight is 223 g/mol. The Morgan fingerprint density at radius 3 is 2.62 bits per heavy atom. The first-order valence-corrected chi connectivity index (χ1v) is 3.88. The Kier molecular flexibility index (Phi) is 2.16. The third-order valence-corrected chi connectivity index (χ3v) is 2.58. The molecular weight excluding hydrogens is 213 g/mol. The maximum atomic E-state index is 3.91. The summed E-state index contributed by atoms with van der Waals surface area (Å²) in [5.41, 5.74) is 1.29. The third kappa shape index (κ3) is 1.37. The van der Waals surface area contributed by atoms with Crippen molar-refractivity contribution < 1.29 is 0 Å². The van der Waals surface area contributed by atoms with E-state index in [-0.39, 0.29) is 0 Å². The number of hydrogen-bond donors (Lipinski definition) is 0. The van der Waals surface area contributed by atoms with Crippen LogP contribution in [0.2, 0.25) is 0 Å². The van der Waals surface area contributed by atoms with Gasteiger partial charge in [-0.15, -0.1) is 0 Å². The molecule has 2 heteroatoms. The van der Waals surface area contributed by atoms with Crippen LogP contribution in [0.4, 0.5) is 0 Å². The minimum Gasteiger partial charge on any atom is -0.319 e. The molecule has 0 radical (unpaired) electrons. The molecule has 1 aliphatic heterocycles. The number of nitrogens with zero attached hydrogens (tertiary/aromatic N) is 1. The van der Waals surface area contributed by atoms with Gasteiger partial charge in [-0.25, -0.2) is 0 Å². The summed E-state index contributed by atoms with van der Waals surface area (Å²) < 4.78 is 2.21. The summed E-state index contributed by atoms with van der Waals surface area (Å²) in [4.78, 5) is 0. The van der Waals surface area contributed by atoms with Crippen LogP contribution < -0.4 is 0 Å². The van der Waals surface area contributed by atoms with E-state index in [1.807, 2.05) is 0 Å². The lowest BCUT2D eigenvalue weighted by molar-refractivity contribution is 0.482. The predicted octanol–water partition coefficient (Wildman–Crippen LogP) is 2.34. The summed E-state index contributed by atoms with van der Waals surface area (Å²) in [6.45, 7) is 5.11. The van der Waals surface area contributed by atoms with Gasteiger partial charge in [0.1, 0.15) is 0 Å². The Morgan fingerprint density at radius 1 is 1.50 bits per heavy atom. The van der Waals surface area contributed by atoms with Gasteiger partial charge in [0.15, 0.2) is 0 Å². The van der Waals surface area contributed by atoms with Crippen molar-refractivity contribution in [3.63, 3.8) is 0 Å². The van der Waals surface area contributed by atoms with Crippen LogP contribution in [-0.2, 0) is 0 Å². The van der Waals surface area contributed by atoms with Crippen molar-refractivity contribution in [3.8, 4) is 0 Å². The van der Waals surface area contributed by atoms with Gasteiger partial charge in [0.05, 0.1) is 22.9 Å². The van der Waals surface area contributed by atoms with E-state index in [4.69, 9.17) is 0 Å². The summed E-state index contributed by atoms with van der Waals surface area (Å²) >= 11 is 2.32. The first-order valence-electron chi connectivity index (χ1n) is 2.92. The minimum atomic E-state index is 1.19. The van der Waals surface area contributed by atoms with Crippen molar-refractivity contribution in [2.45, 2.75) is 19.3 Å². The summed E-state index contributed by atoms with van der Waals surface area (Å²) in [6, 6.07) is 0. The molecule has 0 atom stereocenters. The average Bonchev–Trinajstić information content (AvgIpc) is 1.77. The Balaban J connectivity index is 2.39. The SMILES string of the molecule is C=C1CCCCN1I. The zero-order chi connectivity index (χ0) is 5.98. The summed E-state index contributed by atoms with van der Waals surface area (Å²) in [5, 5.41) is 0. The zero-order valence-electron chi connectivity index (χ0n) is 4.86. The molecule has 1 heterocycles. The van der Waals surface area contributed by atoms with Crippen molar-refractivity contribution in [3.05, 3.63) is 12.3 Å². The summed E-state index contributed by atoms with van der Waals surface area (Å²) in [5.74, 6) is 0. The maximum absolute atomic E-state index is 3.91. The predicted molar refractivity (Wildman–Crippen MR) is 43.7 cm³/mol. The maximum Gasteiger partial charge on any atom is 0.0588 e. The van der Waals surface area contributed by atoms with Gasteiger partial charge >= 0.3 is 0 Å². The Morgan fingerprint density at radius 2 is 2.25 bits per heavy atom. The molecule has 1 aliphatic rings. The quantitative estimate of drug-likeness (QED) is 0.450. The molecule has 0 unspecified atom stereocenters. The van der Waals surface area contributed by atoms with Gasteiger partial charge in [0, 0.05) is 12.2 Å². The van der Waals surface area contributed by atoms with Crippen molar-refractivity contribution in [1.29, 1.82) is 0 Å². The lowest BCUT2D eigenvalue weighted by Crippen LogP contribution is -2.16.